The molecule has 0 bridgehead atoms. The van der Waals surface area contributed by atoms with E-state index in [2.05, 4.69) is 164 Å². The van der Waals surface area contributed by atoms with Crippen molar-refractivity contribution in [3.63, 3.8) is 0 Å². The first-order valence-corrected chi connectivity index (χ1v) is 19.2. The third kappa shape index (κ3) is 9.04. The van der Waals surface area contributed by atoms with Crippen LogP contribution in [0.1, 0.15) is 47.6 Å². The predicted molar refractivity (Wildman–Crippen MR) is 214 cm³/mol. The molecule has 0 aliphatic heterocycles. The quantitative estimate of drug-likeness (QED) is 0.125. The van der Waals surface area contributed by atoms with E-state index < -0.39 is 0 Å². The van der Waals surface area contributed by atoms with Crippen LogP contribution in [0.4, 0.5) is 0 Å². The summed E-state index contributed by atoms with van der Waals surface area (Å²) in [6, 6.07) is 42.3. The van der Waals surface area contributed by atoms with Crippen LogP contribution in [-0.2, 0) is 23.3 Å². The summed E-state index contributed by atoms with van der Waals surface area (Å²) in [4.78, 5) is 0. The van der Waals surface area contributed by atoms with Crippen LogP contribution in [-0.4, -0.2) is 6.88 Å². The van der Waals surface area contributed by atoms with Gasteiger partial charge < -0.3 is 14.9 Å². The summed E-state index contributed by atoms with van der Waals surface area (Å²) in [5.74, 6) is 0.578. The minimum atomic E-state index is 0. The molecule has 0 unspecified atom stereocenters. The molecule has 0 heterocycles. The Balaban J connectivity index is 0.000000414. The number of hydrogen-bond acceptors (Lipinski definition) is 0. The van der Waals surface area contributed by atoms with Crippen LogP contribution < -0.4 is 0 Å². The molecule has 0 atom stereocenters. The van der Waals surface area contributed by atoms with Crippen LogP contribution in [0.25, 0.3) is 54.6 Å². The molecule has 0 spiro atoms. The summed E-state index contributed by atoms with van der Waals surface area (Å²) in [6.45, 7) is 16.3. The summed E-state index contributed by atoms with van der Waals surface area (Å²) >= 11 is 1.36. The Labute approximate surface area is 312 Å². The Morgan fingerprint density at radius 3 is 1.85 bits per heavy atom. The van der Waals surface area contributed by atoms with Gasteiger partial charge in [0.1, 0.15) is 0 Å². The monoisotopic (exact) mass is 750 g/mol. The van der Waals surface area contributed by atoms with Crippen molar-refractivity contribution in [2.45, 2.75) is 47.5 Å². The van der Waals surface area contributed by atoms with E-state index in [-0.39, 0.29) is 39.7 Å². The molecule has 244 valence electrons. The van der Waals surface area contributed by atoms with Crippen LogP contribution in [0.5, 0.6) is 0 Å². The molecule has 0 saturated heterocycles. The molecule has 0 aliphatic rings. The second-order valence-electron chi connectivity index (χ2n) is 11.9. The summed E-state index contributed by atoms with van der Waals surface area (Å²) in [6.07, 6.45) is 0. The van der Waals surface area contributed by atoms with Gasteiger partial charge in [-0.1, -0.05) is 117 Å². The van der Waals surface area contributed by atoms with Crippen molar-refractivity contribution >= 4 is 64.0 Å². The van der Waals surface area contributed by atoms with E-state index in [1.165, 1.54) is 106 Å². The minimum absolute atomic E-state index is 0. The Morgan fingerprint density at radius 2 is 1.15 bits per heavy atom. The van der Waals surface area contributed by atoms with E-state index >= 15 is 0 Å². The van der Waals surface area contributed by atoms with Crippen molar-refractivity contribution < 1.29 is 23.3 Å². The van der Waals surface area contributed by atoms with Gasteiger partial charge >= 0.3 is 30.2 Å². The van der Waals surface area contributed by atoms with Gasteiger partial charge in [0.25, 0.3) is 0 Å². The van der Waals surface area contributed by atoms with E-state index in [1.54, 1.807) is 0 Å². The first-order chi connectivity index (χ1) is 20.8. The van der Waals surface area contributed by atoms with Crippen LogP contribution in [0.2, 0.25) is 0 Å². The third-order valence-electron chi connectivity index (χ3n) is 8.45. The molecule has 0 N–H and O–H groups in total. The average Bonchev–Trinajstić information content (AvgIpc) is 3.64. The van der Waals surface area contributed by atoms with Crippen LogP contribution >= 0.6 is 24.8 Å². The van der Waals surface area contributed by atoms with Gasteiger partial charge in [-0.15, -0.1) is 93.4 Å². The maximum atomic E-state index is 3.06. The molecule has 47 heavy (non-hydrogen) atoms. The Kier molecular flexibility index (Phi) is 16.8. The van der Waals surface area contributed by atoms with Crippen molar-refractivity contribution in [3.05, 3.63) is 158 Å². The number of hydrogen-bond donors (Lipinski definition) is 0. The zero-order chi connectivity index (χ0) is 30.7. The zero-order valence-corrected chi connectivity index (χ0v) is 34.0. The molecule has 4 heteroatoms. The number of rotatable bonds is 3. The summed E-state index contributed by atoms with van der Waals surface area (Å²) in [5.41, 5.74) is 12.1. The molecule has 0 fully saturated rings. The van der Waals surface area contributed by atoms with Crippen LogP contribution in [0.3, 0.4) is 0 Å². The van der Waals surface area contributed by atoms with E-state index in [0.29, 0.717) is 5.92 Å². The normalized spacial score (nSPS) is 10.0. The molecular formula is C43H46Cl2SiZr-4. The van der Waals surface area contributed by atoms with Crippen molar-refractivity contribution in [2.75, 3.05) is 0 Å². The Hall–Kier alpha value is -2.74. The number of aryl methyl sites for hydroxylation is 4. The molecule has 0 aromatic heterocycles. The molecule has 7 rings (SSSR count). The van der Waals surface area contributed by atoms with Crippen molar-refractivity contribution in [1.29, 1.82) is 0 Å². The van der Waals surface area contributed by atoms with Gasteiger partial charge in [-0.2, -0.15) is 12.1 Å². The standard InChI is InChI=1S/C21H17.C20H21.2CH3.2ClH.Si.Zr/c1-14-12-20-15(2)10-11-19(21(20)13-14)18-9-5-7-16-6-3-4-8-17(16)18;1-13(2)17-11-16-6-5-7-18(20(16)12-17)19-10-14(3)8-9-15(19)4;;;;;;/h3-13H,1-2H3;5-13H,1-4H3;2*1H3;2*1H;;/q4*-1;;;;. The molecule has 0 saturated carbocycles. The molecule has 0 aliphatic carbocycles. The second-order valence-corrected chi connectivity index (χ2v) is 11.9. The van der Waals surface area contributed by atoms with Gasteiger partial charge in [0.2, 0.25) is 0 Å². The molecule has 7 aromatic carbocycles. The number of fused-ring (bicyclic) bond motifs is 3. The topological polar surface area (TPSA) is 0 Å². The molecule has 7 aromatic rings. The summed E-state index contributed by atoms with van der Waals surface area (Å²) < 4.78 is 0. The van der Waals surface area contributed by atoms with Crippen LogP contribution in [0, 0.1) is 42.5 Å². The number of benzene rings is 5. The van der Waals surface area contributed by atoms with E-state index in [0.717, 1.165) is 0 Å². The third-order valence-corrected chi connectivity index (χ3v) is 8.45. The average molecular weight is 753 g/mol. The fraction of sp³-hybridized carbons (Fsp3) is 0.163. The first-order valence-electron chi connectivity index (χ1n) is 15.0. The fourth-order valence-electron chi connectivity index (χ4n) is 6.14. The maximum absolute atomic E-state index is 3.06. The molecule has 0 nitrogen and oxygen atoms in total. The predicted octanol–water partition coefficient (Wildman–Crippen LogP) is 13.3. The van der Waals surface area contributed by atoms with Gasteiger partial charge in [-0.3, -0.25) is 0 Å². The number of halogens is 2. The zero-order valence-electron chi connectivity index (χ0n) is 28.9. The second kappa shape index (κ2) is 18.7. The molecule has 0 amide bonds. The summed E-state index contributed by atoms with van der Waals surface area (Å²) in [5, 5.41) is 8.09. The van der Waals surface area contributed by atoms with E-state index in [4.69, 9.17) is 0 Å². The fourth-order valence-corrected chi connectivity index (χ4v) is 6.14. The van der Waals surface area contributed by atoms with Crippen LogP contribution in [0.15, 0.2) is 115 Å². The summed E-state index contributed by atoms with van der Waals surface area (Å²) in [7, 11) is 0. The van der Waals surface area contributed by atoms with Crippen molar-refractivity contribution in [3.8, 4) is 22.3 Å². The van der Waals surface area contributed by atoms with Crippen molar-refractivity contribution in [2.24, 2.45) is 0 Å². The van der Waals surface area contributed by atoms with E-state index in [1.807, 2.05) is 0 Å². The van der Waals surface area contributed by atoms with Gasteiger partial charge in [-0.05, 0) is 47.2 Å². The van der Waals surface area contributed by atoms with Gasteiger partial charge in [0, 0.05) is 0 Å². The SMILES string of the molecule is Cc1cc2c(-c3cccc4ccccc34)ccc(C)c2[cH-]1.Cc1ccc(C)c(-c2cccc3[cH-]c(C(C)C)cc23)c1.Cl.Cl.[CH3-].[CH3-].[Si]=[Zr]. The Morgan fingerprint density at radius 1 is 0.553 bits per heavy atom. The Bertz CT molecular complexity index is 2040. The van der Waals surface area contributed by atoms with E-state index in [9.17, 15) is 0 Å². The van der Waals surface area contributed by atoms with Gasteiger partial charge in [-0.25, -0.2) is 0 Å². The molecule has 2 radical (unpaired) electrons. The molecular weight excluding hydrogens is 707 g/mol. The first kappa shape index (κ1) is 42.3. The van der Waals surface area contributed by atoms with Gasteiger partial charge in [0.05, 0.1) is 0 Å². The van der Waals surface area contributed by atoms with Crippen molar-refractivity contribution in [1.82, 2.24) is 0 Å². The van der Waals surface area contributed by atoms with Gasteiger partial charge in [0.15, 0.2) is 0 Å².